The number of nitrogens with one attached hydrogen (secondary N) is 1. The zero-order valence-electron chi connectivity index (χ0n) is 7.81. The van der Waals surface area contributed by atoms with Crippen molar-refractivity contribution in [3.8, 4) is 0 Å². The number of carbonyl (C=O) groups is 1. The highest BCUT2D eigenvalue weighted by Gasteiger charge is 2.36. The summed E-state index contributed by atoms with van der Waals surface area (Å²) in [6.07, 6.45) is -2.89. The summed E-state index contributed by atoms with van der Waals surface area (Å²) in [4.78, 5) is 12.3. The number of hydrogen-bond acceptors (Lipinski definition) is 2. The highest BCUT2D eigenvalue weighted by molar-refractivity contribution is 5.80. The van der Waals surface area contributed by atoms with Crippen LogP contribution in [0.2, 0.25) is 0 Å². The third-order valence-corrected chi connectivity index (χ3v) is 2.25. The molecule has 0 aromatic rings. The van der Waals surface area contributed by atoms with Gasteiger partial charge in [-0.3, -0.25) is 4.79 Å². The molecule has 1 rings (SSSR count). The van der Waals surface area contributed by atoms with E-state index in [1.165, 1.54) is 4.90 Å². The molecule has 1 aliphatic heterocycles. The Morgan fingerprint density at radius 2 is 2.15 bits per heavy atom. The second kappa shape index (κ2) is 3.57. The number of halogens is 2. The van der Waals surface area contributed by atoms with Crippen molar-refractivity contribution in [3.05, 3.63) is 0 Å². The van der Waals surface area contributed by atoms with E-state index in [2.05, 4.69) is 5.32 Å². The fourth-order valence-corrected chi connectivity index (χ4v) is 1.51. The highest BCUT2D eigenvalue weighted by Crippen LogP contribution is 2.18. The van der Waals surface area contributed by atoms with Gasteiger partial charge in [-0.15, -0.1) is 0 Å². The normalized spacial score (nSPS) is 22.1. The van der Waals surface area contributed by atoms with Crippen molar-refractivity contribution in [2.45, 2.75) is 25.8 Å². The molecule has 0 spiro atoms. The third kappa shape index (κ3) is 2.15. The van der Waals surface area contributed by atoms with Crippen LogP contribution in [-0.4, -0.2) is 42.4 Å². The molecule has 1 aliphatic rings. The Morgan fingerprint density at radius 1 is 1.54 bits per heavy atom. The molecule has 3 nitrogen and oxygen atoms in total. The molecule has 0 aliphatic carbocycles. The Bertz CT molecular complexity index is 206. The first-order valence-electron chi connectivity index (χ1n) is 4.25. The zero-order valence-corrected chi connectivity index (χ0v) is 7.81. The fourth-order valence-electron chi connectivity index (χ4n) is 1.51. The van der Waals surface area contributed by atoms with Gasteiger partial charge in [0.15, 0.2) is 0 Å². The molecular weight excluding hydrogens is 178 g/mol. The molecule has 13 heavy (non-hydrogen) atoms. The van der Waals surface area contributed by atoms with E-state index >= 15 is 0 Å². The molecule has 0 aromatic carbocycles. The lowest BCUT2D eigenvalue weighted by Gasteiger charge is -2.42. The molecule has 0 radical (unpaired) electrons. The van der Waals surface area contributed by atoms with E-state index in [9.17, 15) is 13.6 Å². The second-order valence-corrected chi connectivity index (χ2v) is 3.78. The number of rotatable bonds is 1. The van der Waals surface area contributed by atoms with Crippen molar-refractivity contribution in [1.29, 1.82) is 0 Å². The van der Waals surface area contributed by atoms with Crippen molar-refractivity contribution in [1.82, 2.24) is 10.2 Å². The Balaban J connectivity index is 2.71. The van der Waals surface area contributed by atoms with Gasteiger partial charge in [-0.2, -0.15) is 8.78 Å². The number of piperazine rings is 1. The summed E-state index contributed by atoms with van der Waals surface area (Å²) in [7, 11) is 0. The van der Waals surface area contributed by atoms with Gasteiger partial charge in [0.1, 0.15) is 0 Å². The molecule has 0 bridgehead atoms. The monoisotopic (exact) mass is 192 g/mol. The Morgan fingerprint density at radius 3 is 2.62 bits per heavy atom. The lowest BCUT2D eigenvalue weighted by molar-refractivity contribution is -0.149. The van der Waals surface area contributed by atoms with Crippen molar-refractivity contribution >= 4 is 5.91 Å². The van der Waals surface area contributed by atoms with Crippen molar-refractivity contribution in [2.75, 3.05) is 19.6 Å². The van der Waals surface area contributed by atoms with Gasteiger partial charge in [-0.05, 0) is 13.8 Å². The molecule has 0 aromatic heterocycles. The van der Waals surface area contributed by atoms with E-state index in [4.69, 9.17) is 0 Å². The smallest absolute Gasteiger partial charge is 0.315 e. The van der Waals surface area contributed by atoms with E-state index in [1.807, 2.05) is 0 Å². The summed E-state index contributed by atoms with van der Waals surface area (Å²) in [6.45, 7) is 5.06. The van der Waals surface area contributed by atoms with Crippen LogP contribution in [0.4, 0.5) is 8.78 Å². The first-order chi connectivity index (χ1) is 5.95. The molecule has 0 unspecified atom stereocenters. The van der Waals surface area contributed by atoms with Crippen LogP contribution in [0.1, 0.15) is 13.8 Å². The maximum Gasteiger partial charge on any atom is 0.315 e. The molecule has 5 heteroatoms. The maximum atomic E-state index is 12.1. The zero-order chi connectivity index (χ0) is 10.1. The summed E-state index contributed by atoms with van der Waals surface area (Å²) in [5.41, 5.74) is -0.508. The number of carbonyl (C=O) groups excluding carboxylic acids is 1. The van der Waals surface area contributed by atoms with Crippen LogP contribution in [0.15, 0.2) is 0 Å². The van der Waals surface area contributed by atoms with E-state index < -0.39 is 17.9 Å². The van der Waals surface area contributed by atoms with E-state index in [0.29, 0.717) is 19.6 Å². The highest BCUT2D eigenvalue weighted by atomic mass is 19.3. The largest absolute Gasteiger partial charge is 0.330 e. The standard InChI is InChI=1S/C8H14F2N2O/c1-8(2)5-11-3-4-12(8)7(13)6(9)10/h6,11H,3-5H2,1-2H3. The van der Waals surface area contributed by atoms with Gasteiger partial charge in [-0.25, -0.2) is 0 Å². The van der Waals surface area contributed by atoms with E-state index in [0.717, 1.165) is 0 Å². The quantitative estimate of drug-likeness (QED) is 0.654. The van der Waals surface area contributed by atoms with E-state index in [1.54, 1.807) is 13.8 Å². The van der Waals surface area contributed by atoms with Gasteiger partial charge in [-0.1, -0.05) is 0 Å². The summed E-state index contributed by atoms with van der Waals surface area (Å²) < 4.78 is 24.3. The van der Waals surface area contributed by atoms with Crippen molar-refractivity contribution in [3.63, 3.8) is 0 Å². The summed E-state index contributed by atoms with van der Waals surface area (Å²) in [6, 6.07) is 0. The average Bonchev–Trinajstić information content (AvgIpc) is 2.02. The molecule has 76 valence electrons. The minimum Gasteiger partial charge on any atom is -0.330 e. The lowest BCUT2D eigenvalue weighted by atomic mass is 10.0. The molecular formula is C8H14F2N2O. The Hall–Kier alpha value is -0.710. The first kappa shape index (κ1) is 10.4. The molecule has 1 N–H and O–H groups in total. The first-order valence-corrected chi connectivity index (χ1v) is 4.25. The summed E-state index contributed by atoms with van der Waals surface area (Å²) >= 11 is 0. The molecule has 1 heterocycles. The summed E-state index contributed by atoms with van der Waals surface area (Å²) in [5, 5.41) is 3.06. The van der Waals surface area contributed by atoms with Crippen LogP contribution in [0, 0.1) is 0 Å². The Kier molecular flexibility index (Phi) is 2.85. The number of nitrogens with zero attached hydrogens (tertiary/aromatic N) is 1. The SMILES string of the molecule is CC1(C)CNCCN1C(=O)C(F)F. The molecule has 0 atom stereocenters. The lowest BCUT2D eigenvalue weighted by Crippen LogP contribution is -2.61. The van der Waals surface area contributed by atoms with Gasteiger partial charge in [0.2, 0.25) is 0 Å². The van der Waals surface area contributed by atoms with Crippen LogP contribution in [-0.2, 0) is 4.79 Å². The molecule has 0 saturated carbocycles. The van der Waals surface area contributed by atoms with Crippen LogP contribution in [0.3, 0.4) is 0 Å². The predicted molar refractivity (Wildman–Crippen MR) is 44.7 cm³/mol. The number of hydrogen-bond donors (Lipinski definition) is 1. The fraction of sp³-hybridized carbons (Fsp3) is 0.875. The third-order valence-electron chi connectivity index (χ3n) is 2.25. The van der Waals surface area contributed by atoms with Gasteiger partial charge in [0.25, 0.3) is 5.91 Å². The van der Waals surface area contributed by atoms with Crippen LogP contribution >= 0.6 is 0 Å². The van der Waals surface area contributed by atoms with Crippen molar-refractivity contribution in [2.24, 2.45) is 0 Å². The average molecular weight is 192 g/mol. The second-order valence-electron chi connectivity index (χ2n) is 3.78. The van der Waals surface area contributed by atoms with E-state index in [-0.39, 0.29) is 0 Å². The molecule has 1 saturated heterocycles. The van der Waals surface area contributed by atoms with Gasteiger partial charge in [0.05, 0.1) is 0 Å². The van der Waals surface area contributed by atoms with Gasteiger partial charge < -0.3 is 10.2 Å². The van der Waals surface area contributed by atoms with Gasteiger partial charge in [0, 0.05) is 25.2 Å². The maximum absolute atomic E-state index is 12.1. The van der Waals surface area contributed by atoms with Crippen molar-refractivity contribution < 1.29 is 13.6 Å². The van der Waals surface area contributed by atoms with Crippen LogP contribution in [0.5, 0.6) is 0 Å². The Labute approximate surface area is 76.1 Å². The van der Waals surface area contributed by atoms with Crippen LogP contribution in [0.25, 0.3) is 0 Å². The molecule has 1 fully saturated rings. The minimum atomic E-state index is -2.89. The van der Waals surface area contributed by atoms with Gasteiger partial charge >= 0.3 is 6.43 Å². The number of amides is 1. The number of alkyl halides is 2. The topological polar surface area (TPSA) is 32.3 Å². The van der Waals surface area contributed by atoms with Crippen LogP contribution < -0.4 is 5.32 Å². The molecule has 1 amide bonds. The summed E-state index contributed by atoms with van der Waals surface area (Å²) in [5.74, 6) is -1.06. The predicted octanol–water partition coefficient (Wildman–Crippen LogP) is 0.462. The minimum absolute atomic E-state index is 0.357.